The third-order valence-corrected chi connectivity index (χ3v) is 3.16. The number of aromatic hydroxyl groups is 1. The molecule has 10 heteroatoms. The summed E-state index contributed by atoms with van der Waals surface area (Å²) in [5, 5.41) is 24.3. The fourth-order valence-electron chi connectivity index (χ4n) is 2.18. The summed E-state index contributed by atoms with van der Waals surface area (Å²) in [6.45, 7) is 0. The van der Waals surface area contributed by atoms with Gasteiger partial charge in [0.1, 0.15) is 17.5 Å². The molecule has 0 radical (unpaired) electrons. The molecule has 0 saturated heterocycles. The van der Waals surface area contributed by atoms with Gasteiger partial charge in [0.25, 0.3) is 5.82 Å². The first-order valence-corrected chi connectivity index (χ1v) is 6.30. The standard InChI is InChI=1S/C13H9F3N4O3/c14-13(15,16)11-18-12-17-8(10(22)23)5-9(20(12)19-11)6-2-1-3-7(21)4-6/h1-5,9,21H,(H,22,23)(H,17,18,19). The van der Waals surface area contributed by atoms with E-state index in [0.29, 0.717) is 5.56 Å². The number of carbonyl (C=O) groups is 1. The highest BCUT2D eigenvalue weighted by Crippen LogP contribution is 2.34. The Labute approximate surface area is 126 Å². The average Bonchev–Trinajstić information content (AvgIpc) is 2.90. The zero-order valence-corrected chi connectivity index (χ0v) is 11.2. The molecule has 3 N–H and O–H groups in total. The molecule has 1 aliphatic rings. The number of allylic oxidation sites excluding steroid dienone is 1. The second kappa shape index (κ2) is 5.00. The van der Waals surface area contributed by atoms with E-state index in [1.165, 1.54) is 30.3 Å². The van der Waals surface area contributed by atoms with Gasteiger partial charge < -0.3 is 15.5 Å². The normalized spacial score (nSPS) is 17.2. The second-order valence-corrected chi connectivity index (χ2v) is 4.75. The van der Waals surface area contributed by atoms with Crippen LogP contribution >= 0.6 is 0 Å². The van der Waals surface area contributed by atoms with Crippen LogP contribution in [-0.4, -0.2) is 30.9 Å². The number of fused-ring (bicyclic) bond motifs is 1. The monoisotopic (exact) mass is 326 g/mol. The van der Waals surface area contributed by atoms with Gasteiger partial charge in [-0.25, -0.2) is 9.48 Å². The molecule has 0 aliphatic carbocycles. The van der Waals surface area contributed by atoms with Gasteiger partial charge >= 0.3 is 12.1 Å². The summed E-state index contributed by atoms with van der Waals surface area (Å²) in [5.74, 6) is -3.18. The van der Waals surface area contributed by atoms with Crippen LogP contribution in [0.2, 0.25) is 0 Å². The minimum Gasteiger partial charge on any atom is -0.508 e. The van der Waals surface area contributed by atoms with Gasteiger partial charge in [-0.3, -0.25) is 0 Å². The fraction of sp³-hybridized carbons (Fsp3) is 0.154. The molecule has 2 heterocycles. The molecule has 0 amide bonds. The highest BCUT2D eigenvalue weighted by atomic mass is 19.4. The Balaban J connectivity index is 2.14. The van der Waals surface area contributed by atoms with Gasteiger partial charge in [-0.05, 0) is 23.8 Å². The Morgan fingerprint density at radius 3 is 2.70 bits per heavy atom. The van der Waals surface area contributed by atoms with Crippen molar-refractivity contribution in [2.45, 2.75) is 12.2 Å². The van der Waals surface area contributed by atoms with Gasteiger partial charge in [0.2, 0.25) is 5.95 Å². The number of hydrogen-bond donors (Lipinski definition) is 3. The molecule has 0 bridgehead atoms. The van der Waals surface area contributed by atoms with E-state index in [2.05, 4.69) is 15.4 Å². The van der Waals surface area contributed by atoms with Crippen molar-refractivity contribution in [2.75, 3.05) is 5.32 Å². The summed E-state index contributed by atoms with van der Waals surface area (Å²) in [5.41, 5.74) is 0.0390. The third-order valence-electron chi connectivity index (χ3n) is 3.16. The molecule has 2 aromatic rings. The molecule has 1 aromatic heterocycles. The molecule has 0 fully saturated rings. The van der Waals surface area contributed by atoms with Crippen molar-refractivity contribution in [3.8, 4) is 5.75 Å². The zero-order chi connectivity index (χ0) is 16.8. The van der Waals surface area contributed by atoms with Crippen molar-refractivity contribution in [3.63, 3.8) is 0 Å². The van der Waals surface area contributed by atoms with Crippen LogP contribution in [0.3, 0.4) is 0 Å². The van der Waals surface area contributed by atoms with Crippen molar-refractivity contribution in [1.29, 1.82) is 0 Å². The quantitative estimate of drug-likeness (QED) is 0.780. The number of nitrogens with one attached hydrogen (secondary N) is 1. The molecule has 1 aromatic carbocycles. The number of phenolic OH excluding ortho intramolecular Hbond substituents is 1. The summed E-state index contributed by atoms with van der Waals surface area (Å²) in [6.07, 6.45) is -3.57. The number of hydrogen-bond acceptors (Lipinski definition) is 5. The van der Waals surface area contributed by atoms with Crippen LogP contribution in [0.5, 0.6) is 5.75 Å². The Hall–Kier alpha value is -3.04. The van der Waals surface area contributed by atoms with E-state index in [-0.39, 0.29) is 17.4 Å². The number of anilines is 1. The predicted octanol–water partition coefficient (Wildman–Crippen LogP) is 1.99. The summed E-state index contributed by atoms with van der Waals surface area (Å²) in [7, 11) is 0. The van der Waals surface area contributed by atoms with E-state index in [1.54, 1.807) is 0 Å². The highest BCUT2D eigenvalue weighted by molar-refractivity contribution is 5.90. The molecule has 0 spiro atoms. The predicted molar refractivity (Wildman–Crippen MR) is 70.6 cm³/mol. The maximum Gasteiger partial charge on any atom is 0.453 e. The summed E-state index contributed by atoms with van der Waals surface area (Å²) < 4.78 is 39.3. The number of halogens is 3. The van der Waals surface area contributed by atoms with Gasteiger partial charge in [0.15, 0.2) is 0 Å². The van der Waals surface area contributed by atoms with Crippen LogP contribution < -0.4 is 5.32 Å². The van der Waals surface area contributed by atoms with Crippen LogP contribution in [0.4, 0.5) is 19.1 Å². The molecule has 1 unspecified atom stereocenters. The lowest BCUT2D eigenvalue weighted by Gasteiger charge is -2.22. The number of benzene rings is 1. The Kier molecular flexibility index (Phi) is 3.24. The van der Waals surface area contributed by atoms with E-state index >= 15 is 0 Å². The van der Waals surface area contributed by atoms with E-state index in [0.717, 1.165) is 4.68 Å². The van der Waals surface area contributed by atoms with Crippen LogP contribution in [0.1, 0.15) is 17.4 Å². The highest BCUT2D eigenvalue weighted by Gasteiger charge is 2.39. The largest absolute Gasteiger partial charge is 0.508 e. The molecule has 1 atom stereocenters. The fourth-order valence-corrected chi connectivity index (χ4v) is 2.18. The van der Waals surface area contributed by atoms with Crippen LogP contribution in [0.25, 0.3) is 0 Å². The van der Waals surface area contributed by atoms with E-state index < -0.39 is 24.0 Å². The smallest absolute Gasteiger partial charge is 0.453 e. The number of rotatable bonds is 2. The van der Waals surface area contributed by atoms with Crippen molar-refractivity contribution < 1.29 is 28.2 Å². The summed E-state index contributed by atoms with van der Waals surface area (Å²) >= 11 is 0. The maximum atomic E-state index is 12.8. The van der Waals surface area contributed by atoms with Crippen molar-refractivity contribution >= 4 is 11.9 Å². The SMILES string of the molecule is O=C(O)C1=CC(c2cccc(O)c2)n2nc(C(F)(F)F)nc2N1. The van der Waals surface area contributed by atoms with Gasteiger partial charge in [0, 0.05) is 0 Å². The van der Waals surface area contributed by atoms with Crippen LogP contribution in [-0.2, 0) is 11.0 Å². The molecule has 0 saturated carbocycles. The van der Waals surface area contributed by atoms with E-state index in [4.69, 9.17) is 5.11 Å². The number of alkyl halides is 3. The Morgan fingerprint density at radius 2 is 2.09 bits per heavy atom. The molecule has 1 aliphatic heterocycles. The molecule has 23 heavy (non-hydrogen) atoms. The zero-order valence-electron chi connectivity index (χ0n) is 11.2. The number of carboxylic acid groups (broad SMARTS) is 1. The van der Waals surface area contributed by atoms with Gasteiger partial charge in [0.05, 0.1) is 0 Å². The molecule has 7 nitrogen and oxygen atoms in total. The minimum atomic E-state index is -4.77. The summed E-state index contributed by atoms with van der Waals surface area (Å²) in [6, 6.07) is 4.76. The molecule has 3 rings (SSSR count). The number of nitrogens with zero attached hydrogens (tertiary/aromatic N) is 3. The second-order valence-electron chi connectivity index (χ2n) is 4.75. The van der Waals surface area contributed by atoms with E-state index in [1.807, 2.05) is 0 Å². The van der Waals surface area contributed by atoms with Crippen LogP contribution in [0, 0.1) is 0 Å². The number of aromatic nitrogens is 3. The maximum absolute atomic E-state index is 12.8. The number of phenols is 1. The topological polar surface area (TPSA) is 100 Å². The van der Waals surface area contributed by atoms with Crippen molar-refractivity contribution in [1.82, 2.24) is 14.8 Å². The van der Waals surface area contributed by atoms with Crippen LogP contribution in [0.15, 0.2) is 36.0 Å². The lowest BCUT2D eigenvalue weighted by Crippen LogP contribution is -2.24. The van der Waals surface area contributed by atoms with Crippen molar-refractivity contribution in [3.05, 3.63) is 47.4 Å². The first-order valence-electron chi connectivity index (χ1n) is 6.30. The van der Waals surface area contributed by atoms with E-state index in [9.17, 15) is 23.1 Å². The number of carboxylic acids is 1. The number of aliphatic carboxylic acids is 1. The minimum absolute atomic E-state index is 0.107. The molecular formula is C13H9F3N4O3. The molecule has 120 valence electrons. The third kappa shape index (κ3) is 2.70. The lowest BCUT2D eigenvalue weighted by atomic mass is 10.0. The Morgan fingerprint density at radius 1 is 1.35 bits per heavy atom. The van der Waals surface area contributed by atoms with Gasteiger partial charge in [-0.15, -0.1) is 5.10 Å². The van der Waals surface area contributed by atoms with Gasteiger partial charge in [-0.1, -0.05) is 12.1 Å². The molecular weight excluding hydrogens is 317 g/mol. The van der Waals surface area contributed by atoms with Gasteiger partial charge in [-0.2, -0.15) is 18.2 Å². The average molecular weight is 326 g/mol. The lowest BCUT2D eigenvalue weighted by molar-refractivity contribution is -0.145. The first kappa shape index (κ1) is 14.9. The summed E-state index contributed by atoms with van der Waals surface area (Å²) in [4.78, 5) is 14.5. The first-order chi connectivity index (χ1) is 10.8. The Bertz CT molecular complexity index is 813. The van der Waals surface area contributed by atoms with Crippen molar-refractivity contribution in [2.24, 2.45) is 0 Å².